The Morgan fingerprint density at radius 1 is 1.19 bits per heavy atom. The first kappa shape index (κ1) is 15.6. The maximum absolute atomic E-state index is 12.6. The zero-order valence-corrected chi connectivity index (χ0v) is 13.2. The Balaban J connectivity index is 2.31. The molecule has 1 N–H and O–H groups in total. The zero-order valence-electron chi connectivity index (χ0n) is 12.4. The third kappa shape index (κ3) is 4.32. The molecule has 0 amide bonds. The number of rotatable bonds is 5. The summed E-state index contributed by atoms with van der Waals surface area (Å²) >= 11 is 0. The molecule has 0 bridgehead atoms. The molecule has 1 unspecified atom stereocenters. The van der Waals surface area contributed by atoms with Gasteiger partial charge < -0.3 is 4.18 Å². The smallest absolute Gasteiger partial charge is 0.317 e. The van der Waals surface area contributed by atoms with Crippen molar-refractivity contribution in [2.75, 3.05) is 0 Å². The molecule has 0 saturated heterocycles. The second-order valence-electron chi connectivity index (χ2n) is 6.15. The fraction of sp³-hybridized carbons (Fsp3) is 0.400. The standard InChI is InChI=1S/C15H20N2O3S/c1-15(2,3)11-14(13-9-10-16-17-13)21(18,19)20-12-7-5-4-6-8-12/h4-10,14H,11H2,1-3H3,(H,16,17). The van der Waals surface area contributed by atoms with Gasteiger partial charge in [-0.15, -0.1) is 0 Å². The Kier molecular flexibility index (Phi) is 4.37. The van der Waals surface area contributed by atoms with Crippen LogP contribution in [-0.2, 0) is 10.1 Å². The van der Waals surface area contributed by atoms with Gasteiger partial charge >= 0.3 is 10.1 Å². The number of hydrogen-bond donors (Lipinski definition) is 1. The fourth-order valence-corrected chi connectivity index (χ4v) is 3.68. The highest BCUT2D eigenvalue weighted by molar-refractivity contribution is 7.87. The lowest BCUT2D eigenvalue weighted by Gasteiger charge is -2.24. The van der Waals surface area contributed by atoms with Crippen molar-refractivity contribution in [3.05, 3.63) is 48.3 Å². The van der Waals surface area contributed by atoms with E-state index >= 15 is 0 Å². The number of aromatic amines is 1. The molecule has 1 aromatic heterocycles. The molecule has 0 fully saturated rings. The second-order valence-corrected chi connectivity index (χ2v) is 7.88. The Labute approximate surface area is 125 Å². The molecule has 114 valence electrons. The number of aromatic nitrogens is 2. The zero-order chi connectivity index (χ0) is 15.5. The lowest BCUT2D eigenvalue weighted by molar-refractivity contribution is 0.354. The number of nitrogens with one attached hydrogen (secondary N) is 1. The second kappa shape index (κ2) is 5.89. The van der Waals surface area contributed by atoms with Gasteiger partial charge in [0.05, 0.1) is 5.69 Å². The highest BCUT2D eigenvalue weighted by Gasteiger charge is 2.34. The van der Waals surface area contributed by atoms with E-state index < -0.39 is 15.4 Å². The van der Waals surface area contributed by atoms with E-state index in [0.717, 1.165) is 0 Å². The Hall–Kier alpha value is -1.82. The van der Waals surface area contributed by atoms with Crippen molar-refractivity contribution in [3.63, 3.8) is 0 Å². The third-order valence-corrected chi connectivity index (χ3v) is 4.51. The van der Waals surface area contributed by atoms with Crippen LogP contribution >= 0.6 is 0 Å². The summed E-state index contributed by atoms with van der Waals surface area (Å²) in [4.78, 5) is 0. The van der Waals surface area contributed by atoms with Gasteiger partial charge in [0.25, 0.3) is 0 Å². The van der Waals surface area contributed by atoms with Crippen LogP contribution in [0.3, 0.4) is 0 Å². The topological polar surface area (TPSA) is 72.0 Å². The van der Waals surface area contributed by atoms with Gasteiger partial charge in [-0.05, 0) is 30.0 Å². The fourth-order valence-electron chi connectivity index (χ4n) is 2.04. The van der Waals surface area contributed by atoms with E-state index in [1.54, 1.807) is 42.6 Å². The van der Waals surface area contributed by atoms with Gasteiger partial charge in [-0.1, -0.05) is 39.0 Å². The van der Waals surface area contributed by atoms with Crippen LogP contribution in [0.2, 0.25) is 0 Å². The average molecular weight is 308 g/mol. The minimum Gasteiger partial charge on any atom is -0.382 e. The highest BCUT2D eigenvalue weighted by Crippen LogP contribution is 2.35. The van der Waals surface area contributed by atoms with E-state index in [1.807, 2.05) is 20.8 Å². The van der Waals surface area contributed by atoms with Crippen LogP contribution in [0.15, 0.2) is 42.6 Å². The van der Waals surface area contributed by atoms with Gasteiger partial charge in [0.2, 0.25) is 0 Å². The van der Waals surface area contributed by atoms with Gasteiger partial charge in [-0.2, -0.15) is 13.5 Å². The van der Waals surface area contributed by atoms with E-state index in [4.69, 9.17) is 4.18 Å². The molecule has 6 heteroatoms. The summed E-state index contributed by atoms with van der Waals surface area (Å²) in [5, 5.41) is 5.81. The molecule has 0 aliphatic carbocycles. The van der Waals surface area contributed by atoms with Crippen molar-refractivity contribution in [2.24, 2.45) is 5.41 Å². The summed E-state index contributed by atoms with van der Waals surface area (Å²) in [6.07, 6.45) is 1.98. The van der Waals surface area contributed by atoms with Crippen LogP contribution in [-0.4, -0.2) is 18.6 Å². The minimum atomic E-state index is -3.80. The van der Waals surface area contributed by atoms with Gasteiger partial charge in [0.15, 0.2) is 0 Å². The predicted molar refractivity (Wildman–Crippen MR) is 81.4 cm³/mol. The molecule has 1 atom stereocenters. The third-order valence-electron chi connectivity index (χ3n) is 2.97. The van der Waals surface area contributed by atoms with E-state index in [0.29, 0.717) is 17.9 Å². The van der Waals surface area contributed by atoms with Crippen LogP contribution in [0, 0.1) is 5.41 Å². The van der Waals surface area contributed by atoms with Gasteiger partial charge in [0, 0.05) is 6.20 Å². The lowest BCUT2D eigenvalue weighted by Crippen LogP contribution is -2.24. The summed E-state index contributed by atoms with van der Waals surface area (Å²) < 4.78 is 30.5. The van der Waals surface area contributed by atoms with Crippen LogP contribution in [0.4, 0.5) is 0 Å². The monoisotopic (exact) mass is 308 g/mol. The van der Waals surface area contributed by atoms with E-state index in [9.17, 15) is 8.42 Å². The number of nitrogens with zero attached hydrogens (tertiary/aromatic N) is 1. The van der Waals surface area contributed by atoms with Gasteiger partial charge in [-0.3, -0.25) is 5.10 Å². The molecular weight excluding hydrogens is 288 g/mol. The van der Waals surface area contributed by atoms with Crippen LogP contribution in [0.25, 0.3) is 0 Å². The first-order valence-corrected chi connectivity index (χ1v) is 8.23. The van der Waals surface area contributed by atoms with Crippen molar-refractivity contribution < 1.29 is 12.6 Å². The Morgan fingerprint density at radius 2 is 1.86 bits per heavy atom. The molecule has 0 aliphatic rings. The van der Waals surface area contributed by atoms with Crippen LogP contribution in [0.1, 0.15) is 38.1 Å². The molecule has 0 saturated carbocycles. The molecule has 0 spiro atoms. The largest absolute Gasteiger partial charge is 0.382 e. The molecule has 2 aromatic rings. The first-order chi connectivity index (χ1) is 9.78. The van der Waals surface area contributed by atoms with Crippen molar-refractivity contribution >= 4 is 10.1 Å². The molecular formula is C15H20N2O3S. The number of hydrogen-bond acceptors (Lipinski definition) is 4. The Bertz CT molecular complexity index is 659. The van der Waals surface area contributed by atoms with E-state index in [-0.39, 0.29) is 5.41 Å². The molecule has 1 heterocycles. The van der Waals surface area contributed by atoms with Gasteiger partial charge in [0.1, 0.15) is 11.0 Å². The average Bonchev–Trinajstić information content (AvgIpc) is 2.89. The van der Waals surface area contributed by atoms with Gasteiger partial charge in [-0.25, -0.2) is 0 Å². The number of para-hydroxylation sites is 1. The van der Waals surface area contributed by atoms with Crippen molar-refractivity contribution in [1.82, 2.24) is 10.2 Å². The number of benzene rings is 1. The summed E-state index contributed by atoms with van der Waals surface area (Å²) in [6, 6.07) is 10.2. The maximum atomic E-state index is 12.6. The normalized spacial score (nSPS) is 13.9. The van der Waals surface area contributed by atoms with Crippen LogP contribution in [0.5, 0.6) is 5.75 Å². The van der Waals surface area contributed by atoms with Crippen molar-refractivity contribution in [3.8, 4) is 5.75 Å². The molecule has 21 heavy (non-hydrogen) atoms. The Morgan fingerprint density at radius 3 is 2.38 bits per heavy atom. The SMILES string of the molecule is CC(C)(C)CC(c1ccn[nH]1)S(=O)(=O)Oc1ccccc1. The highest BCUT2D eigenvalue weighted by atomic mass is 32.2. The predicted octanol–water partition coefficient (Wildman–Crippen LogP) is 3.30. The molecule has 5 nitrogen and oxygen atoms in total. The molecule has 0 aliphatic heterocycles. The molecule has 0 radical (unpaired) electrons. The summed E-state index contributed by atoms with van der Waals surface area (Å²) in [5.74, 6) is 0.316. The van der Waals surface area contributed by atoms with E-state index in [2.05, 4.69) is 10.2 Å². The van der Waals surface area contributed by atoms with E-state index in [1.165, 1.54) is 0 Å². The number of H-pyrrole nitrogens is 1. The summed E-state index contributed by atoms with van der Waals surface area (Å²) in [7, 11) is -3.80. The van der Waals surface area contributed by atoms with Crippen LogP contribution < -0.4 is 4.18 Å². The van der Waals surface area contributed by atoms with Crippen molar-refractivity contribution in [1.29, 1.82) is 0 Å². The quantitative estimate of drug-likeness (QED) is 0.860. The maximum Gasteiger partial charge on any atom is 0.317 e. The summed E-state index contributed by atoms with van der Waals surface area (Å²) in [6.45, 7) is 5.98. The lowest BCUT2D eigenvalue weighted by atomic mass is 9.89. The first-order valence-electron chi connectivity index (χ1n) is 6.75. The minimum absolute atomic E-state index is 0.164. The van der Waals surface area contributed by atoms with Crippen molar-refractivity contribution in [2.45, 2.75) is 32.4 Å². The summed E-state index contributed by atoms with van der Waals surface area (Å²) in [5.41, 5.74) is 0.379. The molecule has 1 aromatic carbocycles. The molecule has 2 rings (SSSR count).